The van der Waals surface area contributed by atoms with Gasteiger partial charge in [0.15, 0.2) is 0 Å². The lowest BCUT2D eigenvalue weighted by atomic mass is 9.96. The van der Waals surface area contributed by atoms with Crippen LogP contribution in [0.3, 0.4) is 0 Å². The molecule has 1 aromatic rings. The molecule has 0 bridgehead atoms. The summed E-state index contributed by atoms with van der Waals surface area (Å²) in [4.78, 5) is 1.81. The minimum Gasteiger partial charge on any atom is -0.309 e. The maximum Gasteiger partial charge on any atom is 0.390 e. The molecule has 1 aromatic carbocycles. The summed E-state index contributed by atoms with van der Waals surface area (Å²) in [7, 11) is 1.77. The quantitative estimate of drug-likeness (QED) is 0.781. The number of nitrogens with one attached hydrogen (secondary N) is 1. The Kier molecular flexibility index (Phi) is 7.18. The van der Waals surface area contributed by atoms with Crippen molar-refractivity contribution in [1.82, 2.24) is 10.2 Å². The van der Waals surface area contributed by atoms with Crippen molar-refractivity contribution in [1.29, 1.82) is 0 Å². The van der Waals surface area contributed by atoms with Crippen LogP contribution < -0.4 is 5.32 Å². The molecule has 0 aliphatic heterocycles. The molecule has 2 atom stereocenters. The average Bonchev–Trinajstić information content (AvgIpc) is 2.45. The van der Waals surface area contributed by atoms with Crippen molar-refractivity contribution in [2.24, 2.45) is 0 Å². The van der Waals surface area contributed by atoms with E-state index in [1.54, 1.807) is 7.05 Å². The first-order valence-corrected chi connectivity index (χ1v) is 7.44. The molecule has 0 amide bonds. The van der Waals surface area contributed by atoms with E-state index >= 15 is 0 Å². The van der Waals surface area contributed by atoms with Gasteiger partial charge in [-0.1, -0.05) is 44.2 Å². The predicted octanol–water partition coefficient (Wildman–Crippen LogP) is 4.00. The van der Waals surface area contributed by atoms with Gasteiger partial charge in [-0.25, -0.2) is 0 Å². The van der Waals surface area contributed by atoms with Crippen LogP contribution in [0.1, 0.15) is 38.3 Å². The Bertz CT molecular complexity index is 392. The van der Waals surface area contributed by atoms with Crippen LogP contribution in [0.4, 0.5) is 13.2 Å². The smallest absolute Gasteiger partial charge is 0.309 e. The molecular weight excluding hydrogens is 277 g/mol. The molecular formula is C16H25F3N2. The molecule has 120 valence electrons. The molecule has 0 fully saturated rings. The molecule has 0 aromatic heterocycles. The van der Waals surface area contributed by atoms with Crippen LogP contribution in [0.5, 0.6) is 0 Å². The maximum atomic E-state index is 12.4. The molecule has 21 heavy (non-hydrogen) atoms. The zero-order valence-corrected chi connectivity index (χ0v) is 13.0. The molecule has 5 heteroatoms. The van der Waals surface area contributed by atoms with Gasteiger partial charge in [0, 0.05) is 18.6 Å². The highest BCUT2D eigenvalue weighted by atomic mass is 19.4. The zero-order valence-electron chi connectivity index (χ0n) is 13.0. The first kappa shape index (κ1) is 18.0. The lowest BCUT2D eigenvalue weighted by Gasteiger charge is -2.35. The Balaban J connectivity index is 2.82. The first-order valence-electron chi connectivity index (χ1n) is 7.44. The van der Waals surface area contributed by atoms with Crippen molar-refractivity contribution in [3.63, 3.8) is 0 Å². The zero-order chi connectivity index (χ0) is 15.9. The molecule has 0 aliphatic carbocycles. The Morgan fingerprint density at radius 2 is 1.76 bits per heavy atom. The fourth-order valence-electron chi connectivity index (χ4n) is 2.63. The maximum absolute atomic E-state index is 12.4. The fraction of sp³-hybridized carbons (Fsp3) is 0.625. The second kappa shape index (κ2) is 8.39. The van der Waals surface area contributed by atoms with Gasteiger partial charge in [0.25, 0.3) is 0 Å². The second-order valence-electron chi connectivity index (χ2n) is 5.27. The number of nitrogens with zero attached hydrogens (tertiary/aromatic N) is 1. The van der Waals surface area contributed by atoms with Gasteiger partial charge < -0.3 is 10.2 Å². The van der Waals surface area contributed by atoms with Crippen molar-refractivity contribution in [2.75, 3.05) is 20.1 Å². The lowest BCUT2D eigenvalue weighted by molar-refractivity contribution is -0.138. The highest BCUT2D eigenvalue weighted by Gasteiger charge is 2.30. The average molecular weight is 302 g/mol. The van der Waals surface area contributed by atoms with Crippen molar-refractivity contribution < 1.29 is 13.2 Å². The number of alkyl halides is 3. The Morgan fingerprint density at radius 3 is 2.24 bits per heavy atom. The van der Waals surface area contributed by atoms with Gasteiger partial charge >= 0.3 is 6.18 Å². The summed E-state index contributed by atoms with van der Waals surface area (Å²) in [6.45, 7) is 4.83. The third-order valence-corrected chi connectivity index (χ3v) is 3.70. The number of hydrogen-bond acceptors (Lipinski definition) is 2. The molecule has 0 heterocycles. The van der Waals surface area contributed by atoms with Crippen LogP contribution in [0.15, 0.2) is 30.3 Å². The van der Waals surface area contributed by atoms with Crippen molar-refractivity contribution >= 4 is 0 Å². The van der Waals surface area contributed by atoms with Gasteiger partial charge in [0.05, 0.1) is 6.42 Å². The summed E-state index contributed by atoms with van der Waals surface area (Å²) >= 11 is 0. The summed E-state index contributed by atoms with van der Waals surface area (Å²) in [5.41, 5.74) is 1.12. The third kappa shape index (κ3) is 6.06. The second-order valence-corrected chi connectivity index (χ2v) is 5.27. The molecule has 0 saturated heterocycles. The largest absolute Gasteiger partial charge is 0.390 e. The number of benzene rings is 1. The summed E-state index contributed by atoms with van der Waals surface area (Å²) in [5.74, 6) is 0. The lowest BCUT2D eigenvalue weighted by Crippen LogP contribution is -2.43. The SMILES string of the molecule is CCNC(c1ccccc1)C(CC)N(C)CCC(F)(F)F. The Labute approximate surface area is 125 Å². The van der Waals surface area contributed by atoms with Gasteiger partial charge in [0.2, 0.25) is 0 Å². The first-order chi connectivity index (χ1) is 9.89. The minimum atomic E-state index is -4.10. The molecule has 1 N–H and O–H groups in total. The van der Waals surface area contributed by atoms with Gasteiger partial charge in [-0.2, -0.15) is 13.2 Å². The molecule has 2 nitrogen and oxygen atoms in total. The number of halogens is 3. The van der Waals surface area contributed by atoms with Crippen LogP contribution in [-0.2, 0) is 0 Å². The molecule has 1 rings (SSSR count). The third-order valence-electron chi connectivity index (χ3n) is 3.70. The van der Waals surface area contributed by atoms with Gasteiger partial charge in [0.1, 0.15) is 0 Å². The van der Waals surface area contributed by atoms with Crippen LogP contribution >= 0.6 is 0 Å². The summed E-state index contributed by atoms with van der Waals surface area (Å²) in [6.07, 6.45) is -4.08. The topological polar surface area (TPSA) is 15.3 Å². The van der Waals surface area contributed by atoms with Crippen LogP contribution in [0.25, 0.3) is 0 Å². The molecule has 0 aliphatic rings. The van der Waals surface area contributed by atoms with Gasteiger partial charge in [-0.3, -0.25) is 0 Å². The standard InChI is InChI=1S/C16H25F3N2/c1-4-14(21(3)12-11-16(17,18)19)15(20-5-2)13-9-7-6-8-10-13/h6-10,14-15,20H,4-5,11-12H2,1-3H3. The van der Waals surface area contributed by atoms with E-state index in [9.17, 15) is 13.2 Å². The van der Waals surface area contributed by atoms with E-state index in [0.29, 0.717) is 0 Å². The van der Waals surface area contributed by atoms with Crippen molar-refractivity contribution in [3.05, 3.63) is 35.9 Å². The van der Waals surface area contributed by atoms with E-state index in [1.807, 2.05) is 49.1 Å². The van der Waals surface area contributed by atoms with E-state index < -0.39 is 12.6 Å². The minimum absolute atomic E-state index is 0.0245. The monoisotopic (exact) mass is 302 g/mol. The van der Waals surface area contributed by atoms with E-state index in [4.69, 9.17) is 0 Å². The highest BCUT2D eigenvalue weighted by molar-refractivity contribution is 5.20. The molecule has 2 unspecified atom stereocenters. The number of hydrogen-bond donors (Lipinski definition) is 1. The molecule has 0 radical (unpaired) electrons. The van der Waals surface area contributed by atoms with Crippen LogP contribution in [0, 0.1) is 0 Å². The Morgan fingerprint density at radius 1 is 1.14 bits per heavy atom. The van der Waals surface area contributed by atoms with Crippen LogP contribution in [0.2, 0.25) is 0 Å². The molecule has 0 saturated carbocycles. The predicted molar refractivity (Wildman–Crippen MR) is 80.2 cm³/mol. The van der Waals surface area contributed by atoms with E-state index in [-0.39, 0.29) is 18.6 Å². The number of likely N-dealkylation sites (N-methyl/N-ethyl adjacent to an activating group) is 2. The van der Waals surface area contributed by atoms with Crippen LogP contribution in [-0.4, -0.2) is 37.3 Å². The van der Waals surface area contributed by atoms with E-state index in [1.165, 1.54) is 0 Å². The Hall–Kier alpha value is -1.07. The van der Waals surface area contributed by atoms with Gasteiger partial charge in [-0.15, -0.1) is 0 Å². The van der Waals surface area contributed by atoms with Crippen molar-refractivity contribution in [2.45, 2.75) is 44.9 Å². The molecule has 0 spiro atoms. The normalized spacial score (nSPS) is 15.2. The van der Waals surface area contributed by atoms with Gasteiger partial charge in [-0.05, 0) is 25.6 Å². The summed E-state index contributed by atoms with van der Waals surface area (Å²) in [6, 6.07) is 9.99. The summed E-state index contributed by atoms with van der Waals surface area (Å²) in [5, 5.41) is 3.41. The summed E-state index contributed by atoms with van der Waals surface area (Å²) < 4.78 is 37.2. The number of rotatable bonds is 8. The van der Waals surface area contributed by atoms with E-state index in [2.05, 4.69) is 5.32 Å². The fourth-order valence-corrected chi connectivity index (χ4v) is 2.63. The van der Waals surface area contributed by atoms with E-state index in [0.717, 1.165) is 18.5 Å². The highest BCUT2D eigenvalue weighted by Crippen LogP contribution is 2.25. The van der Waals surface area contributed by atoms with Crippen molar-refractivity contribution in [3.8, 4) is 0 Å².